The van der Waals surface area contributed by atoms with E-state index in [1.54, 1.807) is 7.11 Å². The first-order valence-corrected chi connectivity index (χ1v) is 10.2. The summed E-state index contributed by atoms with van der Waals surface area (Å²) in [5.74, 6) is 1.77. The van der Waals surface area contributed by atoms with Gasteiger partial charge in [0.2, 0.25) is 0 Å². The van der Waals surface area contributed by atoms with Crippen molar-refractivity contribution < 1.29 is 4.74 Å². The minimum Gasteiger partial charge on any atom is -0.495 e. The summed E-state index contributed by atoms with van der Waals surface area (Å²) in [6.45, 7) is 8.14. The van der Waals surface area contributed by atoms with E-state index in [0.29, 0.717) is 0 Å². The van der Waals surface area contributed by atoms with Gasteiger partial charge in [-0.2, -0.15) is 0 Å². The maximum absolute atomic E-state index is 5.57. The van der Waals surface area contributed by atoms with Crippen LogP contribution in [-0.2, 0) is 0 Å². The molecule has 0 amide bonds. The fourth-order valence-electron chi connectivity index (χ4n) is 4.51. The number of benzene rings is 2. The van der Waals surface area contributed by atoms with E-state index in [4.69, 9.17) is 4.74 Å². The van der Waals surface area contributed by atoms with Crippen molar-refractivity contribution in [2.24, 2.45) is 5.92 Å². The van der Waals surface area contributed by atoms with Gasteiger partial charge in [0.1, 0.15) is 5.75 Å². The number of para-hydroxylation sites is 3. The largest absolute Gasteiger partial charge is 0.495 e. The van der Waals surface area contributed by atoms with Crippen molar-refractivity contribution in [2.75, 3.05) is 62.7 Å². The van der Waals surface area contributed by atoms with Gasteiger partial charge in [0.15, 0.2) is 0 Å². The quantitative estimate of drug-likeness (QED) is 0.803. The van der Waals surface area contributed by atoms with Crippen LogP contribution in [-0.4, -0.2) is 57.8 Å². The summed E-state index contributed by atoms with van der Waals surface area (Å²) in [6.07, 6.45) is 2.52. The van der Waals surface area contributed by atoms with E-state index in [0.717, 1.165) is 31.3 Å². The molecule has 0 radical (unpaired) electrons. The standard InChI is InChI=1S/C23H31N3O/c1-27-23-11-6-5-10-22(23)25-14-7-13-24(16-17-25)18-20-12-15-26(19-20)21-8-3-2-4-9-21/h2-6,8-11,20H,7,12-19H2,1H3. The van der Waals surface area contributed by atoms with Gasteiger partial charge in [-0.15, -0.1) is 0 Å². The average molecular weight is 366 g/mol. The van der Waals surface area contributed by atoms with Gasteiger partial charge < -0.3 is 19.4 Å². The molecule has 2 aliphatic heterocycles. The van der Waals surface area contributed by atoms with Crippen LogP contribution in [0.5, 0.6) is 5.75 Å². The van der Waals surface area contributed by atoms with Gasteiger partial charge in [-0.25, -0.2) is 0 Å². The van der Waals surface area contributed by atoms with Crippen LogP contribution in [0.15, 0.2) is 54.6 Å². The van der Waals surface area contributed by atoms with Gasteiger partial charge in [0.05, 0.1) is 12.8 Å². The summed E-state index contributed by atoms with van der Waals surface area (Å²) in [4.78, 5) is 7.71. The lowest BCUT2D eigenvalue weighted by Crippen LogP contribution is -2.35. The lowest BCUT2D eigenvalue weighted by Gasteiger charge is -2.26. The number of nitrogens with zero attached hydrogens (tertiary/aromatic N) is 3. The third-order valence-electron chi connectivity index (χ3n) is 5.94. The molecule has 0 bridgehead atoms. The Balaban J connectivity index is 1.31. The van der Waals surface area contributed by atoms with Crippen LogP contribution < -0.4 is 14.5 Å². The summed E-state index contributed by atoms with van der Waals surface area (Å²) >= 11 is 0. The summed E-state index contributed by atoms with van der Waals surface area (Å²) in [7, 11) is 1.77. The molecule has 2 aromatic rings. The highest BCUT2D eigenvalue weighted by molar-refractivity contribution is 5.58. The molecule has 2 aliphatic rings. The van der Waals surface area contributed by atoms with Gasteiger partial charge in [-0.1, -0.05) is 30.3 Å². The molecule has 2 saturated heterocycles. The zero-order valence-electron chi connectivity index (χ0n) is 16.4. The number of rotatable bonds is 5. The highest BCUT2D eigenvalue weighted by Crippen LogP contribution is 2.29. The molecule has 0 saturated carbocycles. The van der Waals surface area contributed by atoms with Gasteiger partial charge in [-0.05, 0) is 49.6 Å². The Labute approximate surface area is 163 Å². The van der Waals surface area contributed by atoms with Crippen LogP contribution in [0.25, 0.3) is 0 Å². The number of methoxy groups -OCH3 is 1. The third kappa shape index (κ3) is 4.38. The minimum absolute atomic E-state index is 0.781. The molecule has 144 valence electrons. The summed E-state index contributed by atoms with van der Waals surface area (Å²) < 4.78 is 5.57. The maximum atomic E-state index is 5.57. The predicted octanol–water partition coefficient (Wildman–Crippen LogP) is 3.73. The van der Waals surface area contributed by atoms with E-state index in [1.807, 2.05) is 6.07 Å². The molecule has 4 rings (SSSR count). The first kappa shape index (κ1) is 18.2. The van der Waals surface area contributed by atoms with Gasteiger partial charge in [-0.3, -0.25) is 0 Å². The van der Waals surface area contributed by atoms with Crippen molar-refractivity contribution >= 4 is 11.4 Å². The van der Waals surface area contributed by atoms with Crippen LogP contribution in [0.3, 0.4) is 0 Å². The zero-order chi connectivity index (χ0) is 18.5. The van der Waals surface area contributed by atoms with Crippen molar-refractivity contribution in [3.05, 3.63) is 54.6 Å². The molecule has 0 spiro atoms. The molecule has 2 aromatic carbocycles. The van der Waals surface area contributed by atoms with Crippen molar-refractivity contribution in [1.29, 1.82) is 0 Å². The Morgan fingerprint density at radius 3 is 2.52 bits per heavy atom. The number of hydrogen-bond donors (Lipinski definition) is 0. The van der Waals surface area contributed by atoms with Gasteiger partial charge in [0, 0.05) is 45.0 Å². The SMILES string of the molecule is COc1ccccc1N1CCCN(CC2CCN(c3ccccc3)C2)CC1. The lowest BCUT2D eigenvalue weighted by molar-refractivity contribution is 0.253. The second kappa shape index (κ2) is 8.66. The van der Waals surface area contributed by atoms with E-state index >= 15 is 0 Å². The molecular weight excluding hydrogens is 334 g/mol. The van der Waals surface area contributed by atoms with Crippen LogP contribution in [0.1, 0.15) is 12.8 Å². The fourth-order valence-corrected chi connectivity index (χ4v) is 4.51. The van der Waals surface area contributed by atoms with Crippen LogP contribution in [0.2, 0.25) is 0 Å². The number of anilines is 2. The highest BCUT2D eigenvalue weighted by Gasteiger charge is 2.26. The first-order valence-electron chi connectivity index (χ1n) is 10.2. The molecule has 4 heteroatoms. The van der Waals surface area contributed by atoms with Crippen molar-refractivity contribution in [1.82, 2.24) is 4.90 Å². The highest BCUT2D eigenvalue weighted by atomic mass is 16.5. The minimum atomic E-state index is 0.781. The monoisotopic (exact) mass is 365 g/mol. The molecule has 27 heavy (non-hydrogen) atoms. The Hall–Kier alpha value is -2.20. The Morgan fingerprint density at radius 2 is 1.67 bits per heavy atom. The molecular formula is C23H31N3O. The zero-order valence-corrected chi connectivity index (χ0v) is 16.4. The molecule has 2 heterocycles. The molecule has 2 fully saturated rings. The lowest BCUT2D eigenvalue weighted by atomic mass is 10.1. The molecule has 0 aliphatic carbocycles. The Morgan fingerprint density at radius 1 is 0.852 bits per heavy atom. The van der Waals surface area contributed by atoms with Crippen LogP contribution >= 0.6 is 0 Å². The summed E-state index contributed by atoms with van der Waals surface area (Å²) in [5.41, 5.74) is 2.61. The second-order valence-corrected chi connectivity index (χ2v) is 7.75. The van der Waals surface area contributed by atoms with E-state index < -0.39 is 0 Å². The van der Waals surface area contributed by atoms with E-state index in [2.05, 4.69) is 63.2 Å². The smallest absolute Gasteiger partial charge is 0.142 e. The number of hydrogen-bond acceptors (Lipinski definition) is 4. The Bertz CT molecular complexity index is 721. The molecule has 0 aromatic heterocycles. The van der Waals surface area contributed by atoms with Gasteiger partial charge in [0.25, 0.3) is 0 Å². The maximum Gasteiger partial charge on any atom is 0.142 e. The predicted molar refractivity (Wildman–Crippen MR) is 113 cm³/mol. The average Bonchev–Trinajstić information content (AvgIpc) is 3.07. The molecule has 0 N–H and O–H groups in total. The third-order valence-corrected chi connectivity index (χ3v) is 5.94. The van der Waals surface area contributed by atoms with E-state index in [1.165, 1.54) is 50.4 Å². The summed E-state index contributed by atoms with van der Waals surface area (Å²) in [6, 6.07) is 19.3. The van der Waals surface area contributed by atoms with E-state index in [9.17, 15) is 0 Å². The van der Waals surface area contributed by atoms with Crippen molar-refractivity contribution in [3.8, 4) is 5.75 Å². The molecule has 4 nitrogen and oxygen atoms in total. The van der Waals surface area contributed by atoms with Crippen LogP contribution in [0.4, 0.5) is 11.4 Å². The van der Waals surface area contributed by atoms with E-state index in [-0.39, 0.29) is 0 Å². The first-order chi connectivity index (χ1) is 13.3. The normalized spacial score (nSPS) is 21.3. The summed E-state index contributed by atoms with van der Waals surface area (Å²) in [5, 5.41) is 0. The second-order valence-electron chi connectivity index (χ2n) is 7.75. The van der Waals surface area contributed by atoms with Crippen molar-refractivity contribution in [2.45, 2.75) is 12.8 Å². The number of ether oxygens (including phenoxy) is 1. The molecule has 1 unspecified atom stereocenters. The topological polar surface area (TPSA) is 19.0 Å². The Kier molecular flexibility index (Phi) is 5.83. The fraction of sp³-hybridized carbons (Fsp3) is 0.478. The van der Waals surface area contributed by atoms with Gasteiger partial charge >= 0.3 is 0 Å². The molecule has 1 atom stereocenters. The van der Waals surface area contributed by atoms with Crippen molar-refractivity contribution in [3.63, 3.8) is 0 Å². The van der Waals surface area contributed by atoms with Crippen LogP contribution in [0, 0.1) is 5.92 Å².